The van der Waals surface area contributed by atoms with Crippen molar-refractivity contribution in [2.45, 2.75) is 17.9 Å². The van der Waals surface area contributed by atoms with E-state index in [-0.39, 0.29) is 22.4 Å². The number of amides is 1. The van der Waals surface area contributed by atoms with Gasteiger partial charge in [-0.05, 0) is 60.0 Å². The van der Waals surface area contributed by atoms with Crippen LogP contribution in [0.15, 0.2) is 82.1 Å². The zero-order valence-electron chi connectivity index (χ0n) is 17.8. The van der Waals surface area contributed by atoms with Crippen molar-refractivity contribution in [1.29, 1.82) is 0 Å². The Bertz CT molecular complexity index is 1470. The fourth-order valence-electron chi connectivity index (χ4n) is 3.78. The molecule has 0 atom stereocenters. The molecule has 0 fully saturated rings. The maximum absolute atomic E-state index is 13.1. The first-order valence-electron chi connectivity index (χ1n) is 10.5. The van der Waals surface area contributed by atoms with Crippen LogP contribution in [0.2, 0.25) is 5.02 Å². The topological polar surface area (TPSA) is 105 Å². The second-order valence-corrected chi connectivity index (χ2v) is 10.1. The fraction of sp³-hybridized carbons (Fsp3) is 0.125. The Hall–Kier alpha value is -3.53. The molecule has 5 rings (SSSR count). The summed E-state index contributed by atoms with van der Waals surface area (Å²) < 4.78 is 33.2. The summed E-state index contributed by atoms with van der Waals surface area (Å²) in [5.74, 6) is -0.292. The van der Waals surface area contributed by atoms with Crippen LogP contribution in [0.25, 0.3) is 11.5 Å². The van der Waals surface area contributed by atoms with Crippen LogP contribution in [0.1, 0.15) is 21.5 Å². The lowest BCUT2D eigenvalue weighted by atomic mass is 10.0. The van der Waals surface area contributed by atoms with E-state index in [1.165, 1.54) is 34.1 Å². The molecule has 0 aliphatic carbocycles. The van der Waals surface area contributed by atoms with Crippen LogP contribution >= 0.6 is 11.6 Å². The fourth-order valence-corrected chi connectivity index (χ4v) is 5.39. The first-order chi connectivity index (χ1) is 16.4. The van der Waals surface area contributed by atoms with Gasteiger partial charge in [0, 0.05) is 29.2 Å². The lowest BCUT2D eigenvalue weighted by molar-refractivity contribution is 0.102. The van der Waals surface area contributed by atoms with Gasteiger partial charge < -0.3 is 4.42 Å². The highest BCUT2D eigenvalue weighted by Crippen LogP contribution is 2.26. The Labute approximate surface area is 201 Å². The number of rotatable bonds is 5. The maximum atomic E-state index is 13.1. The molecule has 10 heteroatoms. The molecule has 34 heavy (non-hydrogen) atoms. The smallest absolute Gasteiger partial charge is 0.322 e. The van der Waals surface area contributed by atoms with Gasteiger partial charge in [0.05, 0.1) is 4.90 Å². The molecular weight excluding hydrogens is 476 g/mol. The first kappa shape index (κ1) is 22.3. The van der Waals surface area contributed by atoms with Crippen LogP contribution in [0.3, 0.4) is 0 Å². The third-order valence-electron chi connectivity index (χ3n) is 5.57. The quantitative estimate of drug-likeness (QED) is 0.441. The average molecular weight is 495 g/mol. The van der Waals surface area contributed by atoms with Crippen LogP contribution in [-0.4, -0.2) is 35.4 Å². The zero-order valence-corrected chi connectivity index (χ0v) is 19.4. The Morgan fingerprint density at radius 2 is 1.74 bits per heavy atom. The highest BCUT2D eigenvalue weighted by atomic mass is 35.5. The summed E-state index contributed by atoms with van der Waals surface area (Å²) in [7, 11) is -3.69. The summed E-state index contributed by atoms with van der Waals surface area (Å²) >= 11 is 5.98. The SMILES string of the molecule is O=C(Nc1nnc(-c2cccc(Cl)c2)o1)c1ccc(S(=O)(=O)N2CCc3ccccc3C2)cc1. The third-order valence-corrected chi connectivity index (χ3v) is 7.66. The van der Waals surface area contributed by atoms with Gasteiger partial charge in [0.15, 0.2) is 0 Å². The van der Waals surface area contributed by atoms with Crippen molar-refractivity contribution in [3.05, 3.63) is 94.5 Å². The van der Waals surface area contributed by atoms with Crippen LogP contribution in [0.4, 0.5) is 6.01 Å². The van der Waals surface area contributed by atoms with Crippen LogP contribution < -0.4 is 5.32 Å². The van der Waals surface area contributed by atoms with E-state index in [2.05, 4.69) is 15.5 Å². The molecular formula is C24H19ClN4O4S. The van der Waals surface area contributed by atoms with Gasteiger partial charge in [0.2, 0.25) is 15.9 Å². The monoisotopic (exact) mass is 494 g/mol. The number of halogens is 1. The van der Waals surface area contributed by atoms with E-state index in [0.717, 1.165) is 5.56 Å². The molecule has 0 radical (unpaired) electrons. The van der Waals surface area contributed by atoms with Crippen molar-refractivity contribution in [2.75, 3.05) is 11.9 Å². The normalized spacial score (nSPS) is 13.9. The minimum atomic E-state index is -3.69. The number of fused-ring (bicyclic) bond motifs is 1. The molecule has 0 saturated heterocycles. The van der Waals surface area contributed by atoms with Gasteiger partial charge in [0.25, 0.3) is 5.91 Å². The van der Waals surface area contributed by atoms with E-state index in [0.29, 0.717) is 30.1 Å². The number of carbonyl (C=O) groups is 1. The van der Waals surface area contributed by atoms with Gasteiger partial charge >= 0.3 is 6.01 Å². The number of anilines is 1. The van der Waals surface area contributed by atoms with E-state index in [9.17, 15) is 13.2 Å². The van der Waals surface area contributed by atoms with Crippen LogP contribution in [-0.2, 0) is 23.0 Å². The van der Waals surface area contributed by atoms with E-state index >= 15 is 0 Å². The first-order valence-corrected chi connectivity index (χ1v) is 12.3. The molecule has 1 amide bonds. The molecule has 1 aliphatic heterocycles. The molecule has 3 aromatic carbocycles. The molecule has 172 valence electrons. The zero-order chi connectivity index (χ0) is 23.7. The lowest BCUT2D eigenvalue weighted by Crippen LogP contribution is -2.35. The molecule has 2 heterocycles. The molecule has 1 N–H and O–H groups in total. The van der Waals surface area contributed by atoms with Crippen molar-refractivity contribution in [2.24, 2.45) is 0 Å². The molecule has 0 bridgehead atoms. The summed E-state index contributed by atoms with van der Waals surface area (Å²) in [5, 5.41) is 10.8. The lowest BCUT2D eigenvalue weighted by Gasteiger charge is -2.28. The summed E-state index contributed by atoms with van der Waals surface area (Å²) in [6.07, 6.45) is 0.664. The van der Waals surface area contributed by atoms with Crippen molar-refractivity contribution in [3.8, 4) is 11.5 Å². The number of carbonyl (C=O) groups excluding carboxylic acids is 1. The predicted octanol–water partition coefficient (Wildman–Crippen LogP) is 4.39. The highest BCUT2D eigenvalue weighted by molar-refractivity contribution is 7.89. The summed E-state index contributed by atoms with van der Waals surface area (Å²) in [4.78, 5) is 12.7. The number of hydrogen-bond acceptors (Lipinski definition) is 6. The number of aromatic nitrogens is 2. The number of nitrogens with zero attached hydrogens (tertiary/aromatic N) is 3. The van der Waals surface area contributed by atoms with E-state index in [1.807, 2.05) is 24.3 Å². The molecule has 0 spiro atoms. The van der Waals surface area contributed by atoms with Gasteiger partial charge in [-0.3, -0.25) is 10.1 Å². The summed E-state index contributed by atoms with van der Waals surface area (Å²) in [6, 6.07) is 20.4. The predicted molar refractivity (Wildman–Crippen MR) is 127 cm³/mol. The number of nitrogens with one attached hydrogen (secondary N) is 1. The third kappa shape index (κ3) is 4.45. The van der Waals surface area contributed by atoms with Crippen molar-refractivity contribution in [3.63, 3.8) is 0 Å². The number of benzene rings is 3. The van der Waals surface area contributed by atoms with Gasteiger partial charge in [-0.1, -0.05) is 47.0 Å². The number of sulfonamides is 1. The minimum absolute atomic E-state index is 0.0799. The molecule has 0 saturated carbocycles. The van der Waals surface area contributed by atoms with E-state index in [1.54, 1.807) is 24.3 Å². The van der Waals surface area contributed by atoms with Crippen molar-refractivity contribution < 1.29 is 17.6 Å². The van der Waals surface area contributed by atoms with Crippen LogP contribution in [0, 0.1) is 0 Å². The molecule has 8 nitrogen and oxygen atoms in total. The summed E-state index contributed by atoms with van der Waals surface area (Å²) in [6.45, 7) is 0.737. The van der Waals surface area contributed by atoms with Gasteiger partial charge in [-0.25, -0.2) is 8.42 Å². The Morgan fingerprint density at radius 3 is 2.50 bits per heavy atom. The second kappa shape index (κ2) is 9.02. The van der Waals surface area contributed by atoms with Crippen LogP contribution in [0.5, 0.6) is 0 Å². The molecule has 1 aromatic heterocycles. The second-order valence-electron chi connectivity index (χ2n) is 7.76. The largest absolute Gasteiger partial charge is 0.403 e. The van der Waals surface area contributed by atoms with Gasteiger partial charge in [0.1, 0.15) is 0 Å². The van der Waals surface area contributed by atoms with Crippen molar-refractivity contribution >= 4 is 33.5 Å². The van der Waals surface area contributed by atoms with Gasteiger partial charge in [-0.15, -0.1) is 5.10 Å². The standard InChI is InChI=1S/C24H19ClN4O4S/c25-20-7-3-6-18(14-20)23-27-28-24(33-23)26-22(30)17-8-10-21(11-9-17)34(31,32)29-13-12-16-4-1-2-5-19(16)15-29/h1-11,14H,12-13,15H2,(H,26,28,30). The minimum Gasteiger partial charge on any atom is -0.403 e. The Morgan fingerprint density at radius 1 is 0.971 bits per heavy atom. The summed E-state index contributed by atoms with van der Waals surface area (Å²) in [5.41, 5.74) is 3.05. The Balaban J connectivity index is 1.28. The maximum Gasteiger partial charge on any atom is 0.322 e. The average Bonchev–Trinajstić information content (AvgIpc) is 3.32. The molecule has 0 unspecified atom stereocenters. The van der Waals surface area contributed by atoms with E-state index < -0.39 is 15.9 Å². The molecule has 4 aromatic rings. The Kier molecular flexibility index (Phi) is 5.91. The van der Waals surface area contributed by atoms with Crippen molar-refractivity contribution in [1.82, 2.24) is 14.5 Å². The highest BCUT2D eigenvalue weighted by Gasteiger charge is 2.28. The van der Waals surface area contributed by atoms with Gasteiger partial charge in [-0.2, -0.15) is 4.31 Å². The number of hydrogen-bond donors (Lipinski definition) is 1. The molecule has 1 aliphatic rings. The van der Waals surface area contributed by atoms with E-state index in [4.69, 9.17) is 16.0 Å².